The van der Waals surface area contributed by atoms with Crippen LogP contribution in [0, 0.1) is 0 Å². The Morgan fingerprint density at radius 1 is 1.33 bits per heavy atom. The maximum Gasteiger partial charge on any atom is 0.118 e. The van der Waals surface area contributed by atoms with Gasteiger partial charge in [0.05, 0.1) is 7.11 Å². The summed E-state index contributed by atoms with van der Waals surface area (Å²) in [6.45, 7) is 2.16. The molecule has 0 aliphatic carbocycles. The molecule has 0 aromatic heterocycles. The van der Waals surface area contributed by atoms with Crippen molar-refractivity contribution >= 4 is 15.9 Å². The first-order valence-corrected chi connectivity index (χ1v) is 4.97. The molecule has 0 radical (unpaired) electrons. The summed E-state index contributed by atoms with van der Waals surface area (Å²) >= 11 is 3.59. The van der Waals surface area contributed by atoms with E-state index in [0.29, 0.717) is 4.83 Å². The summed E-state index contributed by atoms with van der Waals surface area (Å²) in [5, 5.41) is 0. The average Bonchev–Trinajstić information content (AvgIpc) is 2.17. The Kier molecular flexibility index (Phi) is 3.60. The summed E-state index contributed by atoms with van der Waals surface area (Å²) in [6, 6.07) is 8.14. The minimum absolute atomic E-state index is 0.461. The maximum absolute atomic E-state index is 5.07. The van der Waals surface area contributed by atoms with Crippen LogP contribution in [-0.4, -0.2) is 7.11 Å². The van der Waals surface area contributed by atoms with Crippen LogP contribution in [0.15, 0.2) is 24.3 Å². The van der Waals surface area contributed by atoms with E-state index in [-0.39, 0.29) is 0 Å². The molecule has 0 spiro atoms. The van der Waals surface area contributed by atoms with Crippen LogP contribution in [0.2, 0.25) is 0 Å². The summed E-state index contributed by atoms with van der Waals surface area (Å²) in [7, 11) is 1.68. The van der Waals surface area contributed by atoms with Crippen LogP contribution in [0.3, 0.4) is 0 Å². The zero-order chi connectivity index (χ0) is 8.97. The molecule has 1 aromatic carbocycles. The molecule has 0 saturated heterocycles. The van der Waals surface area contributed by atoms with Crippen LogP contribution in [-0.2, 0) is 0 Å². The van der Waals surface area contributed by atoms with Gasteiger partial charge in [0, 0.05) is 4.83 Å². The molecule has 1 atom stereocenters. The quantitative estimate of drug-likeness (QED) is 0.720. The molecular weight excluding hydrogens is 216 g/mol. The standard InChI is InChI=1S/C10H13BrO/c1-3-10(11)8-4-6-9(12-2)7-5-8/h4-7,10H,3H2,1-2H3. The summed E-state index contributed by atoms with van der Waals surface area (Å²) in [4.78, 5) is 0.461. The largest absolute Gasteiger partial charge is 0.497 e. The number of hydrogen-bond acceptors (Lipinski definition) is 1. The van der Waals surface area contributed by atoms with Gasteiger partial charge in [0.2, 0.25) is 0 Å². The van der Waals surface area contributed by atoms with Crippen LogP contribution in [0.1, 0.15) is 23.7 Å². The third-order valence-corrected chi connectivity index (χ3v) is 3.01. The van der Waals surface area contributed by atoms with Crippen molar-refractivity contribution in [1.82, 2.24) is 0 Å². The van der Waals surface area contributed by atoms with Crippen molar-refractivity contribution < 1.29 is 4.74 Å². The minimum atomic E-state index is 0.461. The Bertz CT molecular complexity index is 230. The SMILES string of the molecule is CCC(Br)c1ccc(OC)cc1. The lowest BCUT2D eigenvalue weighted by molar-refractivity contribution is 0.414. The third-order valence-electron chi connectivity index (χ3n) is 1.84. The molecule has 0 heterocycles. The van der Waals surface area contributed by atoms with Gasteiger partial charge in [-0.3, -0.25) is 0 Å². The Hall–Kier alpha value is -0.500. The zero-order valence-electron chi connectivity index (χ0n) is 7.38. The predicted octanol–water partition coefficient (Wildman–Crippen LogP) is 3.54. The monoisotopic (exact) mass is 228 g/mol. The third kappa shape index (κ3) is 2.24. The van der Waals surface area contributed by atoms with Gasteiger partial charge in [-0.15, -0.1) is 0 Å². The van der Waals surface area contributed by atoms with Crippen molar-refractivity contribution in [3.8, 4) is 5.75 Å². The Labute approximate surface area is 81.9 Å². The first-order valence-electron chi connectivity index (χ1n) is 4.06. The van der Waals surface area contributed by atoms with E-state index in [9.17, 15) is 0 Å². The van der Waals surface area contributed by atoms with Crippen LogP contribution in [0.5, 0.6) is 5.75 Å². The number of hydrogen-bond donors (Lipinski definition) is 0. The smallest absolute Gasteiger partial charge is 0.118 e. The molecule has 0 aliphatic heterocycles. The van der Waals surface area contributed by atoms with Gasteiger partial charge < -0.3 is 4.74 Å². The van der Waals surface area contributed by atoms with E-state index in [1.54, 1.807) is 7.11 Å². The molecular formula is C10H13BrO. The number of ether oxygens (including phenoxy) is 1. The molecule has 0 amide bonds. The van der Waals surface area contributed by atoms with E-state index in [4.69, 9.17) is 4.74 Å². The second-order valence-corrected chi connectivity index (χ2v) is 3.75. The topological polar surface area (TPSA) is 9.23 Å². The summed E-state index contributed by atoms with van der Waals surface area (Å²) in [6.07, 6.45) is 1.10. The molecule has 12 heavy (non-hydrogen) atoms. The lowest BCUT2D eigenvalue weighted by Crippen LogP contribution is -1.88. The van der Waals surface area contributed by atoms with Crippen molar-refractivity contribution in [3.05, 3.63) is 29.8 Å². The molecule has 1 unspecified atom stereocenters. The fourth-order valence-corrected chi connectivity index (χ4v) is 1.35. The molecule has 66 valence electrons. The average molecular weight is 229 g/mol. The van der Waals surface area contributed by atoms with Crippen molar-refractivity contribution in [1.29, 1.82) is 0 Å². The normalized spacial score (nSPS) is 12.6. The maximum atomic E-state index is 5.07. The second-order valence-electron chi connectivity index (χ2n) is 2.65. The van der Waals surface area contributed by atoms with Crippen molar-refractivity contribution in [2.45, 2.75) is 18.2 Å². The number of methoxy groups -OCH3 is 1. The lowest BCUT2D eigenvalue weighted by atomic mass is 10.1. The van der Waals surface area contributed by atoms with Gasteiger partial charge in [-0.05, 0) is 24.1 Å². The highest BCUT2D eigenvalue weighted by Gasteiger charge is 2.03. The Morgan fingerprint density at radius 2 is 1.92 bits per heavy atom. The van der Waals surface area contributed by atoms with E-state index in [1.165, 1.54) is 5.56 Å². The van der Waals surface area contributed by atoms with Crippen LogP contribution in [0.25, 0.3) is 0 Å². The Balaban J connectivity index is 2.77. The van der Waals surface area contributed by atoms with Crippen molar-refractivity contribution in [2.24, 2.45) is 0 Å². The van der Waals surface area contributed by atoms with Crippen LogP contribution < -0.4 is 4.74 Å². The van der Waals surface area contributed by atoms with Gasteiger partial charge in [-0.2, -0.15) is 0 Å². The molecule has 0 fully saturated rings. The number of halogens is 1. The summed E-state index contributed by atoms with van der Waals surface area (Å²) in [5.41, 5.74) is 1.30. The number of rotatable bonds is 3. The van der Waals surface area contributed by atoms with E-state index in [1.807, 2.05) is 12.1 Å². The highest BCUT2D eigenvalue weighted by molar-refractivity contribution is 9.09. The van der Waals surface area contributed by atoms with Gasteiger partial charge in [0.15, 0.2) is 0 Å². The lowest BCUT2D eigenvalue weighted by Gasteiger charge is -2.07. The highest BCUT2D eigenvalue weighted by atomic mass is 79.9. The van der Waals surface area contributed by atoms with Crippen LogP contribution >= 0.6 is 15.9 Å². The fourth-order valence-electron chi connectivity index (χ4n) is 1.05. The molecule has 0 N–H and O–H groups in total. The van der Waals surface area contributed by atoms with Crippen molar-refractivity contribution in [3.63, 3.8) is 0 Å². The molecule has 2 heteroatoms. The Morgan fingerprint density at radius 3 is 2.33 bits per heavy atom. The predicted molar refractivity (Wildman–Crippen MR) is 55.0 cm³/mol. The van der Waals surface area contributed by atoms with Gasteiger partial charge in [0.25, 0.3) is 0 Å². The molecule has 1 nitrogen and oxygen atoms in total. The van der Waals surface area contributed by atoms with E-state index >= 15 is 0 Å². The number of benzene rings is 1. The van der Waals surface area contributed by atoms with Crippen molar-refractivity contribution in [2.75, 3.05) is 7.11 Å². The van der Waals surface area contributed by atoms with Gasteiger partial charge in [-0.25, -0.2) is 0 Å². The van der Waals surface area contributed by atoms with Gasteiger partial charge >= 0.3 is 0 Å². The van der Waals surface area contributed by atoms with E-state index < -0.39 is 0 Å². The first-order chi connectivity index (χ1) is 5.77. The summed E-state index contributed by atoms with van der Waals surface area (Å²) in [5.74, 6) is 0.912. The minimum Gasteiger partial charge on any atom is -0.497 e. The molecule has 1 rings (SSSR count). The van der Waals surface area contributed by atoms with Crippen LogP contribution in [0.4, 0.5) is 0 Å². The summed E-state index contributed by atoms with van der Waals surface area (Å²) < 4.78 is 5.07. The second kappa shape index (κ2) is 4.51. The molecule has 1 aromatic rings. The molecule has 0 saturated carbocycles. The highest BCUT2D eigenvalue weighted by Crippen LogP contribution is 2.27. The van der Waals surface area contributed by atoms with Gasteiger partial charge in [0.1, 0.15) is 5.75 Å². The fraction of sp³-hybridized carbons (Fsp3) is 0.400. The number of alkyl halides is 1. The van der Waals surface area contributed by atoms with E-state index in [2.05, 4.69) is 35.0 Å². The molecule has 0 aliphatic rings. The van der Waals surface area contributed by atoms with Gasteiger partial charge in [-0.1, -0.05) is 35.0 Å². The first kappa shape index (κ1) is 9.59. The van der Waals surface area contributed by atoms with E-state index in [0.717, 1.165) is 12.2 Å². The molecule has 0 bridgehead atoms. The zero-order valence-corrected chi connectivity index (χ0v) is 8.97.